The van der Waals surface area contributed by atoms with Gasteiger partial charge in [-0.2, -0.15) is 0 Å². The average Bonchev–Trinajstić information content (AvgIpc) is 2.04. The molecule has 0 aliphatic heterocycles. The van der Waals surface area contributed by atoms with Gasteiger partial charge in [-0.1, -0.05) is 28.1 Å². The summed E-state index contributed by atoms with van der Waals surface area (Å²) in [4.78, 5) is 0. The monoisotopic (exact) mass is 250 g/mol. The third-order valence-corrected chi connectivity index (χ3v) is 2.31. The Hall–Kier alpha value is -0.0900. The van der Waals surface area contributed by atoms with Gasteiger partial charge in [-0.15, -0.1) is 12.4 Å². The van der Waals surface area contributed by atoms with E-state index in [1.165, 1.54) is 0 Å². The largest absolute Gasteiger partial charge is 0.326 e. The smallest absolute Gasteiger partial charge is 0.0223 e. The van der Waals surface area contributed by atoms with Crippen molar-refractivity contribution in [3.8, 4) is 0 Å². The summed E-state index contributed by atoms with van der Waals surface area (Å²) in [6.45, 7) is 1.13. The Labute approximate surface area is 86.9 Å². The molecule has 12 heavy (non-hydrogen) atoms. The summed E-state index contributed by atoms with van der Waals surface area (Å²) in [5.41, 5.74) is 13.2. The molecule has 0 unspecified atom stereocenters. The number of nitrogens with two attached hydrogens (primary N) is 2. The van der Waals surface area contributed by atoms with Crippen LogP contribution in [0.15, 0.2) is 22.7 Å². The number of hydrogen-bond acceptors (Lipinski definition) is 2. The van der Waals surface area contributed by atoms with E-state index in [-0.39, 0.29) is 12.4 Å². The molecule has 1 aromatic carbocycles. The molecule has 68 valence electrons. The molecule has 0 bridgehead atoms. The van der Waals surface area contributed by atoms with E-state index >= 15 is 0 Å². The maximum absolute atomic E-state index is 5.48. The van der Waals surface area contributed by atoms with Crippen molar-refractivity contribution in [2.24, 2.45) is 11.5 Å². The van der Waals surface area contributed by atoms with Gasteiger partial charge in [-0.3, -0.25) is 0 Å². The van der Waals surface area contributed by atoms with Gasteiger partial charge in [-0.25, -0.2) is 0 Å². The second kappa shape index (κ2) is 5.54. The molecule has 0 fully saturated rings. The van der Waals surface area contributed by atoms with Crippen molar-refractivity contribution < 1.29 is 0 Å². The number of hydrogen-bond donors (Lipinski definition) is 2. The molecule has 0 saturated carbocycles. The van der Waals surface area contributed by atoms with Crippen LogP contribution in [-0.4, -0.2) is 0 Å². The van der Waals surface area contributed by atoms with E-state index < -0.39 is 0 Å². The first kappa shape index (κ1) is 11.9. The highest BCUT2D eigenvalue weighted by Gasteiger charge is 1.97. The average molecular weight is 252 g/mol. The van der Waals surface area contributed by atoms with Gasteiger partial charge in [0, 0.05) is 17.6 Å². The molecular formula is C8H12BrClN2. The van der Waals surface area contributed by atoms with Crippen LogP contribution in [0.2, 0.25) is 0 Å². The number of benzene rings is 1. The Morgan fingerprint density at radius 1 is 1.17 bits per heavy atom. The minimum Gasteiger partial charge on any atom is -0.326 e. The molecule has 1 aromatic rings. The second-order valence-corrected chi connectivity index (χ2v) is 3.19. The summed E-state index contributed by atoms with van der Waals surface area (Å²) < 4.78 is 1.04. The summed E-state index contributed by atoms with van der Waals surface area (Å²) >= 11 is 3.41. The van der Waals surface area contributed by atoms with E-state index in [1.54, 1.807) is 0 Å². The van der Waals surface area contributed by atoms with Crippen molar-refractivity contribution in [3.63, 3.8) is 0 Å². The fourth-order valence-corrected chi connectivity index (χ4v) is 1.47. The summed E-state index contributed by atoms with van der Waals surface area (Å²) in [5.74, 6) is 0. The zero-order chi connectivity index (χ0) is 8.27. The van der Waals surface area contributed by atoms with E-state index in [9.17, 15) is 0 Å². The first-order valence-corrected chi connectivity index (χ1v) is 4.24. The zero-order valence-electron chi connectivity index (χ0n) is 6.59. The Bertz CT molecular complexity index is 253. The van der Waals surface area contributed by atoms with Crippen LogP contribution in [0.25, 0.3) is 0 Å². The first-order chi connectivity index (χ1) is 5.27. The first-order valence-electron chi connectivity index (χ1n) is 3.45. The highest BCUT2D eigenvalue weighted by Crippen LogP contribution is 2.17. The molecule has 1 rings (SSSR count). The van der Waals surface area contributed by atoms with Gasteiger partial charge in [-0.05, 0) is 17.2 Å². The Kier molecular flexibility index (Phi) is 5.50. The van der Waals surface area contributed by atoms with Crippen molar-refractivity contribution in [3.05, 3.63) is 33.8 Å². The molecular weight excluding hydrogens is 239 g/mol. The van der Waals surface area contributed by atoms with Crippen molar-refractivity contribution in [1.29, 1.82) is 0 Å². The van der Waals surface area contributed by atoms with Crippen LogP contribution < -0.4 is 11.5 Å². The molecule has 0 spiro atoms. The lowest BCUT2D eigenvalue weighted by Crippen LogP contribution is -2.00. The minimum absolute atomic E-state index is 0. The zero-order valence-corrected chi connectivity index (χ0v) is 8.99. The fourth-order valence-electron chi connectivity index (χ4n) is 0.883. The van der Waals surface area contributed by atoms with E-state index in [1.807, 2.05) is 18.2 Å². The molecule has 2 nitrogen and oxygen atoms in total. The molecule has 0 aliphatic rings. The summed E-state index contributed by atoms with van der Waals surface area (Å²) in [6, 6.07) is 5.99. The van der Waals surface area contributed by atoms with Crippen LogP contribution in [-0.2, 0) is 13.1 Å². The summed E-state index contributed by atoms with van der Waals surface area (Å²) in [6.07, 6.45) is 0. The van der Waals surface area contributed by atoms with Crippen LogP contribution >= 0.6 is 28.3 Å². The summed E-state index contributed by atoms with van der Waals surface area (Å²) in [7, 11) is 0. The SMILES string of the molecule is Cl.NCc1ccc(CN)c(Br)c1. The van der Waals surface area contributed by atoms with Crippen molar-refractivity contribution in [2.45, 2.75) is 13.1 Å². The standard InChI is InChI=1S/C8H11BrN2.ClH/c9-8-3-6(4-10)1-2-7(8)5-11;/h1-3H,4-5,10-11H2;1H. The molecule has 0 atom stereocenters. The lowest BCUT2D eigenvalue weighted by Gasteiger charge is -2.02. The second-order valence-electron chi connectivity index (χ2n) is 2.33. The Morgan fingerprint density at radius 3 is 2.25 bits per heavy atom. The van der Waals surface area contributed by atoms with Gasteiger partial charge in [0.2, 0.25) is 0 Å². The van der Waals surface area contributed by atoms with Crippen LogP contribution in [0.3, 0.4) is 0 Å². The fraction of sp³-hybridized carbons (Fsp3) is 0.250. The van der Waals surface area contributed by atoms with E-state index in [0.717, 1.165) is 15.6 Å². The van der Waals surface area contributed by atoms with Crippen molar-refractivity contribution in [1.82, 2.24) is 0 Å². The van der Waals surface area contributed by atoms with Crippen LogP contribution in [0.5, 0.6) is 0 Å². The topological polar surface area (TPSA) is 52.0 Å². The van der Waals surface area contributed by atoms with Gasteiger partial charge in [0.15, 0.2) is 0 Å². The van der Waals surface area contributed by atoms with Gasteiger partial charge < -0.3 is 11.5 Å². The Morgan fingerprint density at radius 2 is 1.83 bits per heavy atom. The lowest BCUT2D eigenvalue weighted by atomic mass is 10.1. The predicted molar refractivity (Wildman–Crippen MR) is 57.2 cm³/mol. The maximum Gasteiger partial charge on any atom is 0.0223 e. The molecule has 0 saturated heterocycles. The third kappa shape index (κ3) is 2.75. The highest BCUT2D eigenvalue weighted by molar-refractivity contribution is 9.10. The molecule has 0 amide bonds. The van der Waals surface area contributed by atoms with Gasteiger partial charge in [0.1, 0.15) is 0 Å². The van der Waals surface area contributed by atoms with E-state index in [0.29, 0.717) is 13.1 Å². The van der Waals surface area contributed by atoms with Crippen LogP contribution in [0, 0.1) is 0 Å². The van der Waals surface area contributed by atoms with Crippen LogP contribution in [0.4, 0.5) is 0 Å². The van der Waals surface area contributed by atoms with Gasteiger partial charge in [0.05, 0.1) is 0 Å². The third-order valence-electron chi connectivity index (χ3n) is 1.57. The predicted octanol–water partition coefficient (Wildman–Crippen LogP) is 1.79. The van der Waals surface area contributed by atoms with E-state index in [4.69, 9.17) is 11.5 Å². The molecule has 4 N–H and O–H groups in total. The van der Waals surface area contributed by atoms with Crippen molar-refractivity contribution >= 4 is 28.3 Å². The lowest BCUT2D eigenvalue weighted by molar-refractivity contribution is 1.03. The summed E-state index contributed by atoms with van der Waals surface area (Å²) in [5, 5.41) is 0. The van der Waals surface area contributed by atoms with Crippen molar-refractivity contribution in [2.75, 3.05) is 0 Å². The minimum atomic E-state index is 0. The number of halogens is 2. The van der Waals surface area contributed by atoms with Crippen LogP contribution in [0.1, 0.15) is 11.1 Å². The normalized spacial score (nSPS) is 9.25. The maximum atomic E-state index is 5.48. The Balaban J connectivity index is 0.00000121. The van der Waals surface area contributed by atoms with E-state index in [2.05, 4.69) is 15.9 Å². The molecule has 0 aromatic heterocycles. The molecule has 4 heteroatoms. The highest BCUT2D eigenvalue weighted by atomic mass is 79.9. The quantitative estimate of drug-likeness (QED) is 0.842. The molecule has 0 heterocycles. The molecule has 0 aliphatic carbocycles. The molecule has 0 radical (unpaired) electrons. The number of rotatable bonds is 2. The van der Waals surface area contributed by atoms with Gasteiger partial charge in [0.25, 0.3) is 0 Å². The van der Waals surface area contributed by atoms with Gasteiger partial charge >= 0.3 is 0 Å².